The second kappa shape index (κ2) is 10.8. The van der Waals surface area contributed by atoms with E-state index < -0.39 is 24.1 Å². The van der Waals surface area contributed by atoms with Crippen LogP contribution in [0.25, 0.3) is 11.1 Å². The van der Waals surface area contributed by atoms with Gasteiger partial charge in [0.05, 0.1) is 32.0 Å². The number of methoxy groups -OCH3 is 1. The zero-order valence-electron chi connectivity index (χ0n) is 20.4. The fourth-order valence-electron chi connectivity index (χ4n) is 3.78. The highest BCUT2D eigenvalue weighted by Gasteiger charge is 2.30. The molecule has 38 heavy (non-hydrogen) atoms. The van der Waals surface area contributed by atoms with Crippen molar-refractivity contribution in [3.8, 4) is 28.7 Å². The molecule has 1 saturated heterocycles. The van der Waals surface area contributed by atoms with Gasteiger partial charge in [-0.15, -0.1) is 10.2 Å². The molecule has 0 aromatic carbocycles. The molecule has 2 amide bonds. The normalized spacial score (nSPS) is 17.2. The summed E-state index contributed by atoms with van der Waals surface area (Å²) in [6, 6.07) is 2.64. The predicted molar refractivity (Wildman–Crippen MR) is 134 cm³/mol. The van der Waals surface area contributed by atoms with E-state index in [1.165, 1.54) is 24.3 Å². The molecule has 13 heteroatoms. The lowest BCUT2D eigenvalue weighted by atomic mass is 9.99. The summed E-state index contributed by atoms with van der Waals surface area (Å²) < 4.78 is 37.8. The number of nitrogens with zero attached hydrogens (tertiary/aromatic N) is 5. The van der Waals surface area contributed by atoms with E-state index in [1.807, 2.05) is 0 Å². The molecule has 4 heterocycles. The summed E-state index contributed by atoms with van der Waals surface area (Å²) in [4.78, 5) is 35.6. The standard InChI is InChI=1S/C25H22F2N6O4S/c1-13-24(35)33(7-8-37-13)20-10-15(16-9-18(22(26)27)28-12-19(16)36-2)17(11-29-20)23(34)30-25-32-31-21(38-25)6-5-14-3-4-14/h9-14,22H,3-4,7-8H2,1-2H3,(H,30,32,34)/t13-/m1/s1. The van der Waals surface area contributed by atoms with E-state index in [-0.39, 0.29) is 45.8 Å². The second-order valence-corrected chi connectivity index (χ2v) is 9.59. The Bertz CT molecular complexity index is 1450. The van der Waals surface area contributed by atoms with Crippen LogP contribution >= 0.6 is 11.3 Å². The van der Waals surface area contributed by atoms with Crippen LogP contribution in [0.4, 0.5) is 19.7 Å². The fourth-order valence-corrected chi connectivity index (χ4v) is 4.38. The minimum atomic E-state index is -2.85. The number of halogens is 2. The van der Waals surface area contributed by atoms with Crippen LogP contribution in [0.2, 0.25) is 0 Å². The maximum Gasteiger partial charge on any atom is 0.280 e. The monoisotopic (exact) mass is 540 g/mol. The number of hydrogen-bond acceptors (Lipinski definition) is 9. The molecule has 0 bridgehead atoms. The first kappa shape index (κ1) is 25.6. The molecule has 2 fully saturated rings. The van der Waals surface area contributed by atoms with E-state index in [2.05, 4.69) is 37.3 Å². The van der Waals surface area contributed by atoms with Crippen molar-refractivity contribution in [1.82, 2.24) is 20.2 Å². The van der Waals surface area contributed by atoms with Crippen molar-refractivity contribution in [2.24, 2.45) is 5.92 Å². The Morgan fingerprint density at radius 2 is 2.05 bits per heavy atom. The molecule has 1 aliphatic carbocycles. The Kier molecular flexibility index (Phi) is 7.26. The van der Waals surface area contributed by atoms with Gasteiger partial charge in [0.15, 0.2) is 5.01 Å². The predicted octanol–water partition coefficient (Wildman–Crippen LogP) is 3.71. The summed E-state index contributed by atoms with van der Waals surface area (Å²) >= 11 is 1.12. The Balaban J connectivity index is 1.54. The Morgan fingerprint density at radius 3 is 2.79 bits per heavy atom. The first-order chi connectivity index (χ1) is 18.3. The second-order valence-electron chi connectivity index (χ2n) is 8.61. The quantitative estimate of drug-likeness (QED) is 0.470. The zero-order valence-corrected chi connectivity index (χ0v) is 21.2. The highest BCUT2D eigenvalue weighted by molar-refractivity contribution is 7.15. The Hall–Kier alpha value is -4.02. The van der Waals surface area contributed by atoms with Crippen molar-refractivity contribution in [3.63, 3.8) is 0 Å². The van der Waals surface area contributed by atoms with E-state index in [1.54, 1.807) is 6.92 Å². The van der Waals surface area contributed by atoms with Gasteiger partial charge in [0.1, 0.15) is 23.4 Å². The minimum absolute atomic E-state index is 0.0491. The molecule has 196 valence electrons. The average molecular weight is 541 g/mol. The number of rotatable bonds is 6. The van der Waals surface area contributed by atoms with Crippen LogP contribution in [0.15, 0.2) is 24.5 Å². The number of hydrogen-bond donors (Lipinski definition) is 1. The summed E-state index contributed by atoms with van der Waals surface area (Å²) in [5.74, 6) is 5.91. The first-order valence-electron chi connectivity index (χ1n) is 11.8. The molecule has 1 atom stereocenters. The van der Waals surface area contributed by atoms with Crippen molar-refractivity contribution in [1.29, 1.82) is 0 Å². The zero-order chi connectivity index (χ0) is 26.8. The summed E-state index contributed by atoms with van der Waals surface area (Å²) in [5.41, 5.74) is -0.0369. The van der Waals surface area contributed by atoms with E-state index in [9.17, 15) is 18.4 Å². The number of nitrogens with one attached hydrogen (secondary N) is 1. The van der Waals surface area contributed by atoms with Crippen LogP contribution in [-0.2, 0) is 9.53 Å². The van der Waals surface area contributed by atoms with Gasteiger partial charge < -0.3 is 9.47 Å². The van der Waals surface area contributed by atoms with Crippen LogP contribution in [0.3, 0.4) is 0 Å². The van der Waals surface area contributed by atoms with Crippen LogP contribution in [0.1, 0.15) is 47.3 Å². The van der Waals surface area contributed by atoms with Gasteiger partial charge in [0, 0.05) is 23.2 Å². The van der Waals surface area contributed by atoms with Gasteiger partial charge in [0.25, 0.3) is 18.2 Å². The van der Waals surface area contributed by atoms with Crippen LogP contribution < -0.4 is 15.0 Å². The lowest BCUT2D eigenvalue weighted by Crippen LogP contribution is -2.47. The molecule has 3 aromatic rings. The molecule has 10 nitrogen and oxygen atoms in total. The maximum absolute atomic E-state index is 13.5. The third-order valence-corrected chi connectivity index (χ3v) is 6.69. The van der Waals surface area contributed by atoms with Crippen LogP contribution in [0.5, 0.6) is 5.75 Å². The van der Waals surface area contributed by atoms with Crippen LogP contribution in [-0.4, -0.2) is 58.3 Å². The van der Waals surface area contributed by atoms with Crippen LogP contribution in [0, 0.1) is 17.8 Å². The molecule has 1 aliphatic heterocycles. The lowest BCUT2D eigenvalue weighted by molar-refractivity contribution is -0.132. The minimum Gasteiger partial charge on any atom is -0.494 e. The van der Waals surface area contributed by atoms with E-state index in [0.29, 0.717) is 17.5 Å². The number of ether oxygens (including phenoxy) is 2. The molecule has 2 aliphatic rings. The van der Waals surface area contributed by atoms with Crippen molar-refractivity contribution >= 4 is 34.1 Å². The summed E-state index contributed by atoms with van der Waals surface area (Å²) in [6.45, 7) is 2.17. The van der Waals surface area contributed by atoms with Gasteiger partial charge in [-0.25, -0.2) is 13.8 Å². The SMILES string of the molecule is COc1cnc(C(F)F)cc1-c1cc(N2CCO[C@H](C)C2=O)ncc1C(=O)Nc1nnc(C#CC2CC2)s1. The summed E-state index contributed by atoms with van der Waals surface area (Å²) in [6.07, 6.45) is 1.06. The number of carbonyl (C=O) groups excluding carboxylic acids is 2. The van der Waals surface area contributed by atoms with Gasteiger partial charge in [-0.1, -0.05) is 17.3 Å². The van der Waals surface area contributed by atoms with Gasteiger partial charge in [-0.2, -0.15) is 0 Å². The third-order valence-electron chi connectivity index (χ3n) is 5.94. The molecule has 0 unspecified atom stereocenters. The van der Waals surface area contributed by atoms with Gasteiger partial charge in [-0.3, -0.25) is 24.8 Å². The Morgan fingerprint density at radius 1 is 1.24 bits per heavy atom. The largest absolute Gasteiger partial charge is 0.494 e. The molecule has 0 spiro atoms. The van der Waals surface area contributed by atoms with Crippen molar-refractivity contribution < 1.29 is 27.8 Å². The van der Waals surface area contributed by atoms with E-state index in [4.69, 9.17) is 9.47 Å². The highest BCUT2D eigenvalue weighted by atomic mass is 32.1. The molecule has 0 radical (unpaired) electrons. The topological polar surface area (TPSA) is 119 Å². The Labute approximate surface area is 220 Å². The van der Waals surface area contributed by atoms with Gasteiger partial charge in [0.2, 0.25) is 5.13 Å². The molecule has 5 rings (SSSR count). The lowest BCUT2D eigenvalue weighted by Gasteiger charge is -2.30. The molecule has 1 N–H and O–H groups in total. The molecular formula is C25H22F2N6O4S. The molecule has 1 saturated carbocycles. The van der Waals surface area contributed by atoms with Crippen molar-refractivity contribution in [2.75, 3.05) is 30.5 Å². The van der Waals surface area contributed by atoms with Crippen molar-refractivity contribution in [2.45, 2.75) is 32.3 Å². The molecular weight excluding hydrogens is 518 g/mol. The third kappa shape index (κ3) is 5.46. The van der Waals surface area contributed by atoms with Gasteiger partial charge in [-0.05, 0) is 37.8 Å². The maximum atomic E-state index is 13.5. The number of pyridine rings is 2. The van der Waals surface area contributed by atoms with Crippen molar-refractivity contribution in [3.05, 3.63) is 40.8 Å². The fraction of sp³-hybridized carbons (Fsp3) is 0.360. The number of carbonyl (C=O) groups is 2. The number of morpholine rings is 1. The number of amides is 2. The number of aromatic nitrogens is 4. The van der Waals surface area contributed by atoms with Gasteiger partial charge >= 0.3 is 0 Å². The first-order valence-corrected chi connectivity index (χ1v) is 12.6. The highest BCUT2D eigenvalue weighted by Crippen LogP contribution is 2.36. The number of alkyl halides is 2. The smallest absolute Gasteiger partial charge is 0.280 e. The number of anilines is 2. The summed E-state index contributed by atoms with van der Waals surface area (Å²) in [5, 5.41) is 11.3. The summed E-state index contributed by atoms with van der Waals surface area (Å²) in [7, 11) is 1.36. The molecule has 3 aromatic heterocycles. The van der Waals surface area contributed by atoms with E-state index in [0.717, 1.165) is 36.4 Å². The average Bonchev–Trinajstić information content (AvgIpc) is 3.65. The van der Waals surface area contributed by atoms with E-state index >= 15 is 0 Å².